The van der Waals surface area contributed by atoms with Crippen LogP contribution >= 0.6 is 15.9 Å². The maximum Gasteiger partial charge on any atom is 0.124 e. The summed E-state index contributed by atoms with van der Waals surface area (Å²) in [7, 11) is 0. The van der Waals surface area contributed by atoms with Gasteiger partial charge in [-0.15, -0.1) is 0 Å². The van der Waals surface area contributed by atoms with Gasteiger partial charge in [0.25, 0.3) is 0 Å². The average Bonchev–Trinajstić information content (AvgIpc) is 2.69. The molecule has 15 heavy (non-hydrogen) atoms. The second kappa shape index (κ2) is 4.62. The molecule has 1 nitrogen and oxygen atoms in total. The van der Waals surface area contributed by atoms with Gasteiger partial charge in [0.1, 0.15) is 5.82 Å². The van der Waals surface area contributed by atoms with E-state index in [1.54, 1.807) is 6.07 Å². The molecule has 1 aromatic carbocycles. The van der Waals surface area contributed by atoms with Gasteiger partial charge < -0.3 is 5.73 Å². The smallest absolute Gasteiger partial charge is 0.124 e. The first-order valence-electron chi connectivity index (χ1n) is 5.39. The highest BCUT2D eigenvalue weighted by Gasteiger charge is 2.24. The molecule has 0 saturated heterocycles. The summed E-state index contributed by atoms with van der Waals surface area (Å²) in [5, 5.41) is 0. The fraction of sp³-hybridized carbons (Fsp3) is 0.500. The molecule has 0 radical (unpaired) electrons. The van der Waals surface area contributed by atoms with E-state index < -0.39 is 0 Å². The molecule has 3 heteroatoms. The molecule has 0 heterocycles. The van der Waals surface area contributed by atoms with Crippen molar-refractivity contribution in [2.75, 3.05) is 0 Å². The summed E-state index contributed by atoms with van der Waals surface area (Å²) in [4.78, 5) is 0. The zero-order valence-electron chi connectivity index (χ0n) is 8.55. The zero-order chi connectivity index (χ0) is 10.8. The molecule has 0 spiro atoms. The van der Waals surface area contributed by atoms with Crippen LogP contribution in [0.3, 0.4) is 0 Å². The lowest BCUT2D eigenvalue weighted by Gasteiger charge is -2.20. The second-order valence-electron chi connectivity index (χ2n) is 4.24. The Labute approximate surface area is 98.0 Å². The summed E-state index contributed by atoms with van der Waals surface area (Å²) in [5.41, 5.74) is 7.23. The molecule has 1 aliphatic rings. The first-order chi connectivity index (χ1) is 7.18. The van der Waals surface area contributed by atoms with Gasteiger partial charge in [-0.3, -0.25) is 0 Å². The molecule has 1 fully saturated rings. The van der Waals surface area contributed by atoms with E-state index in [2.05, 4.69) is 15.9 Å². The van der Waals surface area contributed by atoms with E-state index in [-0.39, 0.29) is 11.9 Å². The van der Waals surface area contributed by atoms with Gasteiger partial charge >= 0.3 is 0 Å². The Morgan fingerprint density at radius 3 is 2.60 bits per heavy atom. The third kappa shape index (κ3) is 2.40. The normalized spacial score (nSPS) is 19.4. The number of rotatable bonds is 2. The van der Waals surface area contributed by atoms with Crippen LogP contribution in [0.5, 0.6) is 0 Å². The molecule has 1 aromatic rings. The largest absolute Gasteiger partial charge is 0.324 e. The number of benzene rings is 1. The summed E-state index contributed by atoms with van der Waals surface area (Å²) in [6.07, 6.45) is 4.95. The lowest BCUT2D eigenvalue weighted by atomic mass is 9.92. The first kappa shape index (κ1) is 11.1. The number of halogens is 2. The van der Waals surface area contributed by atoms with E-state index in [9.17, 15) is 4.39 Å². The lowest BCUT2D eigenvalue weighted by Crippen LogP contribution is -2.19. The van der Waals surface area contributed by atoms with Crippen molar-refractivity contribution in [3.05, 3.63) is 34.1 Å². The van der Waals surface area contributed by atoms with Crippen LogP contribution in [0.1, 0.15) is 37.3 Å². The highest BCUT2D eigenvalue weighted by Crippen LogP contribution is 2.36. The van der Waals surface area contributed by atoms with Crippen molar-refractivity contribution >= 4 is 15.9 Å². The second-order valence-corrected chi connectivity index (χ2v) is 5.09. The highest BCUT2D eigenvalue weighted by molar-refractivity contribution is 9.10. The van der Waals surface area contributed by atoms with Crippen LogP contribution in [0.4, 0.5) is 4.39 Å². The Kier molecular flexibility index (Phi) is 3.42. The van der Waals surface area contributed by atoms with Crippen LogP contribution in [-0.2, 0) is 0 Å². The first-order valence-corrected chi connectivity index (χ1v) is 6.18. The Bertz CT molecular complexity index is 347. The van der Waals surface area contributed by atoms with Crippen LogP contribution in [0.25, 0.3) is 0 Å². The third-order valence-electron chi connectivity index (χ3n) is 3.23. The number of hydrogen-bond donors (Lipinski definition) is 1. The lowest BCUT2D eigenvalue weighted by molar-refractivity contribution is 0.443. The van der Waals surface area contributed by atoms with E-state index in [4.69, 9.17) is 5.73 Å². The number of hydrogen-bond acceptors (Lipinski definition) is 1. The molecular formula is C12H15BrFN. The van der Waals surface area contributed by atoms with Crippen LogP contribution in [-0.4, -0.2) is 0 Å². The van der Waals surface area contributed by atoms with Gasteiger partial charge in [-0.2, -0.15) is 0 Å². The maximum absolute atomic E-state index is 12.9. The summed E-state index contributed by atoms with van der Waals surface area (Å²) in [5.74, 6) is 0.344. The van der Waals surface area contributed by atoms with Crippen LogP contribution < -0.4 is 5.73 Å². The van der Waals surface area contributed by atoms with Gasteiger partial charge in [0.05, 0.1) is 0 Å². The molecule has 0 aliphatic heterocycles. The van der Waals surface area contributed by atoms with Crippen molar-refractivity contribution in [1.29, 1.82) is 0 Å². The topological polar surface area (TPSA) is 26.0 Å². The standard InChI is InChI=1S/C12H15BrFN/c13-11-7-9(14)5-6-10(11)12(15)8-3-1-2-4-8/h5-8,12H,1-4,15H2/t12-/m1/s1. The molecule has 0 aromatic heterocycles. The summed E-state index contributed by atoms with van der Waals surface area (Å²) in [6, 6.07) is 4.81. The Morgan fingerprint density at radius 2 is 2.00 bits per heavy atom. The molecule has 0 unspecified atom stereocenters. The van der Waals surface area contributed by atoms with Crippen LogP contribution in [0, 0.1) is 11.7 Å². The van der Waals surface area contributed by atoms with Gasteiger partial charge in [0, 0.05) is 10.5 Å². The minimum Gasteiger partial charge on any atom is -0.324 e. The van der Waals surface area contributed by atoms with Gasteiger partial charge in [0.15, 0.2) is 0 Å². The summed E-state index contributed by atoms with van der Waals surface area (Å²) in [6.45, 7) is 0. The van der Waals surface area contributed by atoms with Crippen molar-refractivity contribution in [1.82, 2.24) is 0 Å². The minimum atomic E-state index is -0.218. The molecule has 1 saturated carbocycles. The summed E-state index contributed by atoms with van der Waals surface area (Å²) < 4.78 is 13.7. The van der Waals surface area contributed by atoms with Gasteiger partial charge in [-0.05, 0) is 36.5 Å². The predicted molar refractivity (Wildman–Crippen MR) is 63.0 cm³/mol. The Morgan fingerprint density at radius 1 is 1.33 bits per heavy atom. The van der Waals surface area contributed by atoms with E-state index in [0.29, 0.717) is 5.92 Å². The zero-order valence-corrected chi connectivity index (χ0v) is 10.1. The molecule has 0 amide bonds. The van der Waals surface area contributed by atoms with E-state index in [1.165, 1.54) is 37.8 Å². The molecule has 0 bridgehead atoms. The van der Waals surface area contributed by atoms with Gasteiger partial charge in [-0.1, -0.05) is 34.8 Å². The average molecular weight is 272 g/mol. The molecule has 1 aliphatic carbocycles. The third-order valence-corrected chi connectivity index (χ3v) is 3.92. The summed E-state index contributed by atoms with van der Waals surface area (Å²) >= 11 is 3.37. The Balaban J connectivity index is 2.20. The van der Waals surface area contributed by atoms with E-state index >= 15 is 0 Å². The monoisotopic (exact) mass is 271 g/mol. The number of nitrogens with two attached hydrogens (primary N) is 1. The minimum absolute atomic E-state index is 0.0440. The fourth-order valence-electron chi connectivity index (χ4n) is 2.34. The SMILES string of the molecule is N[C@@H](c1ccc(F)cc1Br)C1CCCC1. The van der Waals surface area contributed by atoms with Crippen molar-refractivity contribution in [2.45, 2.75) is 31.7 Å². The van der Waals surface area contributed by atoms with Crippen molar-refractivity contribution < 1.29 is 4.39 Å². The molecule has 2 rings (SSSR count). The predicted octanol–water partition coefficient (Wildman–Crippen LogP) is 3.78. The van der Waals surface area contributed by atoms with E-state index in [1.807, 2.05) is 0 Å². The maximum atomic E-state index is 12.9. The van der Waals surface area contributed by atoms with Crippen molar-refractivity contribution in [3.63, 3.8) is 0 Å². The van der Waals surface area contributed by atoms with Crippen LogP contribution in [0.15, 0.2) is 22.7 Å². The molecule has 82 valence electrons. The quantitative estimate of drug-likeness (QED) is 0.871. The van der Waals surface area contributed by atoms with Gasteiger partial charge in [0.2, 0.25) is 0 Å². The van der Waals surface area contributed by atoms with E-state index in [0.717, 1.165) is 10.0 Å². The molecular weight excluding hydrogens is 257 g/mol. The van der Waals surface area contributed by atoms with Crippen molar-refractivity contribution in [2.24, 2.45) is 11.7 Å². The highest BCUT2D eigenvalue weighted by atomic mass is 79.9. The fourth-order valence-corrected chi connectivity index (χ4v) is 2.96. The molecule has 1 atom stereocenters. The van der Waals surface area contributed by atoms with Crippen LogP contribution in [0.2, 0.25) is 0 Å². The molecule has 2 N–H and O–H groups in total. The van der Waals surface area contributed by atoms with Crippen molar-refractivity contribution in [3.8, 4) is 0 Å². The Hall–Kier alpha value is -0.410. The van der Waals surface area contributed by atoms with Gasteiger partial charge in [-0.25, -0.2) is 4.39 Å².